The molecule has 0 aromatic heterocycles. The third kappa shape index (κ3) is 3.01. The van der Waals surface area contributed by atoms with E-state index in [1.54, 1.807) is 18.2 Å². The second-order valence-corrected chi connectivity index (χ2v) is 7.37. The predicted molar refractivity (Wildman–Crippen MR) is 77.9 cm³/mol. The van der Waals surface area contributed by atoms with Crippen LogP contribution in [-0.2, 0) is 9.84 Å². The molecule has 1 aromatic carbocycles. The molecule has 3 N–H and O–H groups in total. The van der Waals surface area contributed by atoms with Crippen molar-refractivity contribution in [1.29, 1.82) is 5.41 Å². The van der Waals surface area contributed by atoms with E-state index in [2.05, 4.69) is 0 Å². The van der Waals surface area contributed by atoms with Gasteiger partial charge in [-0.25, -0.2) is 8.42 Å². The first-order valence-electron chi connectivity index (χ1n) is 5.91. The molecule has 0 radical (unpaired) electrons. The molecule has 1 aromatic rings. The van der Waals surface area contributed by atoms with E-state index in [0.717, 1.165) is 5.69 Å². The largest absolute Gasteiger partial charge is 0.384 e. The van der Waals surface area contributed by atoms with Crippen LogP contribution in [0.15, 0.2) is 18.2 Å². The maximum atomic E-state index is 11.6. The minimum Gasteiger partial charge on any atom is -0.384 e. The molecule has 0 aliphatic carbocycles. The van der Waals surface area contributed by atoms with E-state index in [0.29, 0.717) is 17.1 Å². The molecule has 1 aliphatic rings. The summed E-state index contributed by atoms with van der Waals surface area (Å²) in [5.74, 6) is 0.239. The topological polar surface area (TPSA) is 87.2 Å². The Morgan fingerprint density at radius 1 is 1.53 bits per heavy atom. The number of nitrogens with two attached hydrogens (primary N) is 1. The number of benzene rings is 1. The molecule has 1 saturated heterocycles. The lowest BCUT2D eigenvalue weighted by Crippen LogP contribution is -2.47. The van der Waals surface area contributed by atoms with Gasteiger partial charge in [-0.2, -0.15) is 0 Å². The SMILES string of the molecule is CC1CS(=O)(=O)CCN1c1ccc(C(=N)N)cc1Cl. The first-order valence-corrected chi connectivity index (χ1v) is 8.11. The van der Waals surface area contributed by atoms with E-state index in [-0.39, 0.29) is 23.4 Å². The summed E-state index contributed by atoms with van der Waals surface area (Å²) in [5, 5.41) is 7.85. The highest BCUT2D eigenvalue weighted by atomic mass is 35.5. The Morgan fingerprint density at radius 2 is 2.21 bits per heavy atom. The van der Waals surface area contributed by atoms with Crippen LogP contribution in [-0.4, -0.2) is 38.3 Å². The van der Waals surface area contributed by atoms with Gasteiger partial charge in [-0.15, -0.1) is 0 Å². The Labute approximate surface area is 117 Å². The van der Waals surface area contributed by atoms with Crippen molar-refractivity contribution in [1.82, 2.24) is 0 Å². The lowest BCUT2D eigenvalue weighted by molar-refractivity contribution is 0.568. The fraction of sp³-hybridized carbons (Fsp3) is 0.417. The first kappa shape index (κ1) is 14.1. The van der Waals surface area contributed by atoms with Crippen LogP contribution in [0.4, 0.5) is 5.69 Å². The second kappa shape index (κ2) is 5.02. The van der Waals surface area contributed by atoms with Crippen LogP contribution in [0.3, 0.4) is 0 Å². The van der Waals surface area contributed by atoms with Gasteiger partial charge in [0.15, 0.2) is 9.84 Å². The van der Waals surface area contributed by atoms with Gasteiger partial charge < -0.3 is 10.6 Å². The number of hydrogen-bond acceptors (Lipinski definition) is 4. The maximum Gasteiger partial charge on any atom is 0.154 e. The molecule has 0 amide bonds. The van der Waals surface area contributed by atoms with Crippen molar-refractivity contribution < 1.29 is 8.42 Å². The molecule has 0 bridgehead atoms. The quantitative estimate of drug-likeness (QED) is 0.636. The fourth-order valence-corrected chi connectivity index (χ4v) is 4.11. The van der Waals surface area contributed by atoms with Crippen molar-refractivity contribution in [3.05, 3.63) is 28.8 Å². The fourth-order valence-electron chi connectivity index (χ4n) is 2.26. The van der Waals surface area contributed by atoms with Crippen molar-refractivity contribution in [2.24, 2.45) is 5.73 Å². The lowest BCUT2D eigenvalue weighted by Gasteiger charge is -2.35. The van der Waals surface area contributed by atoms with E-state index in [4.69, 9.17) is 22.7 Å². The normalized spacial score (nSPS) is 22.2. The van der Waals surface area contributed by atoms with Gasteiger partial charge in [0.25, 0.3) is 0 Å². The molecular formula is C12H16ClN3O2S. The predicted octanol–water partition coefficient (Wildman–Crippen LogP) is 1.25. The van der Waals surface area contributed by atoms with Crippen LogP contribution in [0.2, 0.25) is 5.02 Å². The molecule has 0 spiro atoms. The average Bonchev–Trinajstić information content (AvgIpc) is 2.29. The highest BCUT2D eigenvalue weighted by molar-refractivity contribution is 7.91. The molecule has 5 nitrogen and oxygen atoms in total. The summed E-state index contributed by atoms with van der Waals surface area (Å²) >= 11 is 6.20. The van der Waals surface area contributed by atoms with Crippen molar-refractivity contribution in [2.45, 2.75) is 13.0 Å². The molecule has 0 saturated carbocycles. The third-order valence-corrected chi connectivity index (χ3v) is 5.34. The van der Waals surface area contributed by atoms with E-state index >= 15 is 0 Å². The van der Waals surface area contributed by atoms with Crippen LogP contribution in [0.25, 0.3) is 0 Å². The Balaban J connectivity index is 2.30. The van der Waals surface area contributed by atoms with Crippen molar-refractivity contribution >= 4 is 33.0 Å². The van der Waals surface area contributed by atoms with Crippen LogP contribution in [0, 0.1) is 5.41 Å². The summed E-state index contributed by atoms with van der Waals surface area (Å²) in [6.45, 7) is 2.30. The van der Waals surface area contributed by atoms with Gasteiger partial charge in [0.05, 0.1) is 22.2 Å². The summed E-state index contributed by atoms with van der Waals surface area (Å²) in [7, 11) is -2.95. The standard InChI is InChI=1S/C12H16ClN3O2S/c1-8-7-19(17,18)5-4-16(8)11-3-2-9(12(14)15)6-10(11)13/h2-3,6,8H,4-5,7H2,1H3,(H3,14,15). The van der Waals surface area contributed by atoms with Gasteiger partial charge in [0.2, 0.25) is 0 Å². The molecule has 1 atom stereocenters. The van der Waals surface area contributed by atoms with Crippen LogP contribution < -0.4 is 10.6 Å². The molecule has 19 heavy (non-hydrogen) atoms. The van der Waals surface area contributed by atoms with E-state index in [1.165, 1.54) is 0 Å². The number of amidine groups is 1. The number of halogens is 1. The molecular weight excluding hydrogens is 286 g/mol. The van der Waals surface area contributed by atoms with Crippen LogP contribution in [0.1, 0.15) is 12.5 Å². The smallest absolute Gasteiger partial charge is 0.154 e. The zero-order chi connectivity index (χ0) is 14.2. The second-order valence-electron chi connectivity index (χ2n) is 4.74. The van der Waals surface area contributed by atoms with E-state index < -0.39 is 9.84 Å². The molecule has 2 rings (SSSR count). The number of anilines is 1. The number of nitrogens with one attached hydrogen (secondary N) is 1. The third-order valence-electron chi connectivity index (χ3n) is 3.24. The van der Waals surface area contributed by atoms with E-state index in [9.17, 15) is 8.42 Å². The van der Waals surface area contributed by atoms with Gasteiger partial charge >= 0.3 is 0 Å². The highest BCUT2D eigenvalue weighted by Gasteiger charge is 2.29. The molecule has 1 heterocycles. The molecule has 1 unspecified atom stereocenters. The van der Waals surface area contributed by atoms with Crippen molar-refractivity contribution in [3.8, 4) is 0 Å². The van der Waals surface area contributed by atoms with Gasteiger partial charge in [-0.1, -0.05) is 11.6 Å². The minimum absolute atomic E-state index is 0.0391. The summed E-state index contributed by atoms with van der Waals surface area (Å²) in [6.07, 6.45) is 0. The number of nitrogens with zero attached hydrogens (tertiary/aromatic N) is 1. The Bertz CT molecular complexity index is 615. The summed E-state index contributed by atoms with van der Waals surface area (Å²) in [4.78, 5) is 1.98. The molecule has 104 valence electrons. The number of rotatable bonds is 2. The van der Waals surface area contributed by atoms with Crippen molar-refractivity contribution in [2.75, 3.05) is 23.0 Å². The Kier molecular flexibility index (Phi) is 3.73. The lowest BCUT2D eigenvalue weighted by atomic mass is 10.1. The number of sulfone groups is 1. The summed E-state index contributed by atoms with van der Waals surface area (Å²) in [6, 6.07) is 5.03. The Morgan fingerprint density at radius 3 is 2.74 bits per heavy atom. The number of nitrogen functional groups attached to an aromatic ring is 1. The zero-order valence-electron chi connectivity index (χ0n) is 10.6. The Hall–Kier alpha value is -1.27. The average molecular weight is 302 g/mol. The van der Waals surface area contributed by atoms with Gasteiger partial charge in [0, 0.05) is 18.2 Å². The van der Waals surface area contributed by atoms with Gasteiger partial charge in [0.1, 0.15) is 5.84 Å². The summed E-state index contributed by atoms with van der Waals surface area (Å²) < 4.78 is 23.1. The maximum absolute atomic E-state index is 11.6. The minimum atomic E-state index is -2.95. The van der Waals surface area contributed by atoms with Crippen LogP contribution >= 0.6 is 11.6 Å². The first-order chi connectivity index (χ1) is 8.80. The molecule has 7 heteroatoms. The number of hydrogen-bond donors (Lipinski definition) is 2. The monoisotopic (exact) mass is 301 g/mol. The molecule has 1 fully saturated rings. The summed E-state index contributed by atoms with van der Waals surface area (Å²) in [5.41, 5.74) is 6.75. The highest BCUT2D eigenvalue weighted by Crippen LogP contribution is 2.30. The van der Waals surface area contributed by atoms with Gasteiger partial charge in [-0.05, 0) is 25.1 Å². The molecule has 1 aliphatic heterocycles. The zero-order valence-corrected chi connectivity index (χ0v) is 12.1. The van der Waals surface area contributed by atoms with E-state index in [1.807, 2.05) is 11.8 Å². The van der Waals surface area contributed by atoms with Gasteiger partial charge in [-0.3, -0.25) is 5.41 Å². The van der Waals surface area contributed by atoms with Crippen molar-refractivity contribution in [3.63, 3.8) is 0 Å². The van der Waals surface area contributed by atoms with Crippen LogP contribution in [0.5, 0.6) is 0 Å².